The second-order valence-corrected chi connectivity index (χ2v) is 7.06. The Morgan fingerprint density at radius 3 is 2.50 bits per heavy atom. The fourth-order valence-corrected chi connectivity index (χ4v) is 2.92. The Morgan fingerprint density at radius 2 is 1.77 bits per heavy atom. The average molecular weight is 443 g/mol. The standard InChI is InChI=1S/C23H20Cl2N2O3/c1-2-29-22-13-16(14-26-27-23(28)18-6-4-3-5-7-18)9-11-21(22)30-15-17-8-10-19(24)20(25)12-17/h3-14H,2,15H2,1H3,(H,27,28)/b26-14-. The lowest BCUT2D eigenvalue weighted by Crippen LogP contribution is -2.17. The molecule has 0 radical (unpaired) electrons. The average Bonchev–Trinajstić information content (AvgIpc) is 2.76. The van der Waals surface area contributed by atoms with Gasteiger partial charge in [-0.15, -0.1) is 0 Å². The number of halogens is 2. The molecule has 1 amide bonds. The summed E-state index contributed by atoms with van der Waals surface area (Å²) in [6.45, 7) is 2.69. The van der Waals surface area contributed by atoms with Gasteiger partial charge in [0.15, 0.2) is 11.5 Å². The van der Waals surface area contributed by atoms with Crippen molar-refractivity contribution in [2.24, 2.45) is 5.10 Å². The first kappa shape index (κ1) is 21.7. The maximum Gasteiger partial charge on any atom is 0.271 e. The molecule has 3 aromatic carbocycles. The van der Waals surface area contributed by atoms with Gasteiger partial charge in [0.2, 0.25) is 0 Å². The van der Waals surface area contributed by atoms with E-state index >= 15 is 0 Å². The van der Waals surface area contributed by atoms with Crippen LogP contribution in [0.15, 0.2) is 71.8 Å². The molecule has 0 aliphatic heterocycles. The van der Waals surface area contributed by atoms with Crippen LogP contribution in [0.1, 0.15) is 28.4 Å². The van der Waals surface area contributed by atoms with E-state index in [1.165, 1.54) is 0 Å². The smallest absolute Gasteiger partial charge is 0.271 e. The van der Waals surface area contributed by atoms with Crippen LogP contribution >= 0.6 is 23.2 Å². The van der Waals surface area contributed by atoms with Crippen molar-refractivity contribution in [3.63, 3.8) is 0 Å². The molecule has 0 atom stereocenters. The monoisotopic (exact) mass is 442 g/mol. The summed E-state index contributed by atoms with van der Waals surface area (Å²) < 4.78 is 11.6. The molecule has 1 N–H and O–H groups in total. The number of ether oxygens (including phenoxy) is 2. The highest BCUT2D eigenvalue weighted by molar-refractivity contribution is 6.42. The molecule has 0 heterocycles. The van der Waals surface area contributed by atoms with Crippen LogP contribution < -0.4 is 14.9 Å². The Bertz CT molecular complexity index is 1040. The first-order valence-electron chi connectivity index (χ1n) is 9.29. The lowest BCUT2D eigenvalue weighted by atomic mass is 10.2. The second-order valence-electron chi connectivity index (χ2n) is 6.24. The van der Waals surface area contributed by atoms with Gasteiger partial charge in [-0.2, -0.15) is 5.10 Å². The Balaban J connectivity index is 1.66. The van der Waals surface area contributed by atoms with E-state index in [2.05, 4.69) is 10.5 Å². The highest BCUT2D eigenvalue weighted by atomic mass is 35.5. The van der Waals surface area contributed by atoms with Crippen molar-refractivity contribution < 1.29 is 14.3 Å². The molecule has 0 aromatic heterocycles. The Labute approximate surface area is 185 Å². The number of nitrogens with zero attached hydrogens (tertiary/aromatic N) is 1. The van der Waals surface area contributed by atoms with E-state index in [0.29, 0.717) is 40.3 Å². The van der Waals surface area contributed by atoms with Crippen LogP contribution in [0.2, 0.25) is 10.0 Å². The van der Waals surface area contributed by atoms with Gasteiger partial charge in [-0.3, -0.25) is 4.79 Å². The van der Waals surface area contributed by atoms with Crippen LogP contribution in [0, 0.1) is 0 Å². The van der Waals surface area contributed by atoms with E-state index in [1.807, 2.05) is 25.1 Å². The fraction of sp³-hybridized carbons (Fsp3) is 0.130. The van der Waals surface area contributed by atoms with Crippen molar-refractivity contribution >= 4 is 35.3 Å². The number of amides is 1. The van der Waals surface area contributed by atoms with Gasteiger partial charge in [0, 0.05) is 5.56 Å². The molecule has 154 valence electrons. The van der Waals surface area contributed by atoms with Gasteiger partial charge in [0.25, 0.3) is 5.91 Å². The Hall–Kier alpha value is -3.02. The number of hydrogen-bond acceptors (Lipinski definition) is 4. The Kier molecular flexibility index (Phi) is 7.71. The van der Waals surface area contributed by atoms with E-state index in [-0.39, 0.29) is 5.91 Å². The molecule has 30 heavy (non-hydrogen) atoms. The lowest BCUT2D eigenvalue weighted by Gasteiger charge is -2.13. The maximum atomic E-state index is 12.0. The minimum Gasteiger partial charge on any atom is -0.490 e. The number of carbonyl (C=O) groups excluding carboxylic acids is 1. The minimum atomic E-state index is -0.279. The van der Waals surface area contributed by atoms with Gasteiger partial charge >= 0.3 is 0 Å². The van der Waals surface area contributed by atoms with Gasteiger partial charge in [0.1, 0.15) is 6.61 Å². The van der Waals surface area contributed by atoms with Crippen LogP contribution in [0.5, 0.6) is 11.5 Å². The summed E-state index contributed by atoms with van der Waals surface area (Å²) in [6, 6.07) is 19.6. The van der Waals surface area contributed by atoms with Crippen LogP contribution in [-0.4, -0.2) is 18.7 Å². The van der Waals surface area contributed by atoms with Gasteiger partial charge in [-0.1, -0.05) is 47.5 Å². The van der Waals surface area contributed by atoms with Gasteiger partial charge in [-0.25, -0.2) is 5.43 Å². The maximum absolute atomic E-state index is 12.0. The predicted octanol–water partition coefficient (Wildman–Crippen LogP) is 5.74. The molecule has 3 rings (SSSR count). The molecule has 5 nitrogen and oxygen atoms in total. The molecule has 7 heteroatoms. The van der Waals surface area contributed by atoms with E-state index in [1.54, 1.807) is 54.7 Å². The van der Waals surface area contributed by atoms with Crippen molar-refractivity contribution in [2.45, 2.75) is 13.5 Å². The summed E-state index contributed by atoms with van der Waals surface area (Å²) in [4.78, 5) is 12.0. The first-order valence-corrected chi connectivity index (χ1v) is 10.0. The molecule has 0 unspecified atom stereocenters. The highest BCUT2D eigenvalue weighted by Crippen LogP contribution is 2.30. The van der Waals surface area contributed by atoms with E-state index < -0.39 is 0 Å². The summed E-state index contributed by atoms with van der Waals surface area (Å²) in [5, 5.41) is 4.99. The van der Waals surface area contributed by atoms with Crippen LogP contribution in [0.3, 0.4) is 0 Å². The Morgan fingerprint density at radius 1 is 0.967 bits per heavy atom. The molecule has 0 aliphatic carbocycles. The number of hydrazone groups is 1. The third kappa shape index (κ3) is 5.99. The molecular weight excluding hydrogens is 423 g/mol. The lowest BCUT2D eigenvalue weighted by molar-refractivity contribution is 0.0955. The molecule has 0 aliphatic rings. The zero-order valence-electron chi connectivity index (χ0n) is 16.3. The summed E-state index contributed by atoms with van der Waals surface area (Å²) in [6.07, 6.45) is 1.55. The number of benzene rings is 3. The number of nitrogens with one attached hydrogen (secondary N) is 1. The predicted molar refractivity (Wildman–Crippen MR) is 120 cm³/mol. The quantitative estimate of drug-likeness (QED) is 0.357. The first-order chi connectivity index (χ1) is 14.6. The normalized spacial score (nSPS) is 10.8. The van der Waals surface area contributed by atoms with Gasteiger partial charge in [0.05, 0.1) is 22.9 Å². The molecule has 0 fully saturated rings. The molecule has 0 saturated heterocycles. The zero-order chi connectivity index (χ0) is 21.3. The molecule has 3 aromatic rings. The second kappa shape index (κ2) is 10.7. The number of carbonyl (C=O) groups is 1. The molecular formula is C23H20Cl2N2O3. The van der Waals surface area contributed by atoms with Crippen LogP contribution in [0.4, 0.5) is 0 Å². The van der Waals surface area contributed by atoms with Crippen molar-refractivity contribution in [3.8, 4) is 11.5 Å². The number of hydrogen-bond donors (Lipinski definition) is 1. The van der Waals surface area contributed by atoms with Crippen molar-refractivity contribution in [3.05, 3.63) is 93.5 Å². The fourth-order valence-electron chi connectivity index (χ4n) is 2.60. The summed E-state index contributed by atoms with van der Waals surface area (Å²) in [7, 11) is 0. The minimum absolute atomic E-state index is 0.279. The topological polar surface area (TPSA) is 59.9 Å². The van der Waals surface area contributed by atoms with E-state index in [4.69, 9.17) is 32.7 Å². The van der Waals surface area contributed by atoms with Gasteiger partial charge < -0.3 is 9.47 Å². The van der Waals surface area contributed by atoms with Crippen LogP contribution in [0.25, 0.3) is 0 Å². The largest absolute Gasteiger partial charge is 0.490 e. The van der Waals surface area contributed by atoms with Crippen molar-refractivity contribution in [1.82, 2.24) is 5.43 Å². The third-order valence-electron chi connectivity index (χ3n) is 4.06. The molecule has 0 bridgehead atoms. The summed E-state index contributed by atoms with van der Waals surface area (Å²) >= 11 is 12.0. The van der Waals surface area contributed by atoms with Crippen molar-refractivity contribution in [1.29, 1.82) is 0 Å². The third-order valence-corrected chi connectivity index (χ3v) is 4.80. The van der Waals surface area contributed by atoms with Gasteiger partial charge in [-0.05, 0) is 60.5 Å². The highest BCUT2D eigenvalue weighted by Gasteiger charge is 2.08. The van der Waals surface area contributed by atoms with Crippen molar-refractivity contribution in [2.75, 3.05) is 6.61 Å². The molecule has 0 saturated carbocycles. The van der Waals surface area contributed by atoms with E-state index in [9.17, 15) is 4.79 Å². The molecule has 0 spiro atoms. The number of rotatable bonds is 8. The van der Waals surface area contributed by atoms with Crippen LogP contribution in [-0.2, 0) is 6.61 Å². The summed E-state index contributed by atoms with van der Waals surface area (Å²) in [5.74, 6) is 0.891. The van der Waals surface area contributed by atoms with E-state index in [0.717, 1.165) is 11.1 Å². The SMILES string of the molecule is CCOc1cc(/C=N\NC(=O)c2ccccc2)ccc1OCc1ccc(Cl)c(Cl)c1. The summed E-state index contributed by atoms with van der Waals surface area (Å²) in [5.41, 5.74) is 4.69. The zero-order valence-corrected chi connectivity index (χ0v) is 17.8.